The topological polar surface area (TPSA) is 57.3 Å². The standard InChI is InChI=1S/C17H21BrN4O/c1-22(2)10-9-19-15-7-8-16(20-12-15)21-17(23)11-13-3-5-14(18)6-4-13/h3-8,12,19H,9-11H2,1-2H3,(H,20,21,23). The first kappa shape index (κ1) is 17.4. The van der Waals surface area contributed by atoms with Gasteiger partial charge in [-0.1, -0.05) is 28.1 Å². The van der Waals surface area contributed by atoms with E-state index in [4.69, 9.17) is 0 Å². The van der Waals surface area contributed by atoms with Crippen LogP contribution in [-0.2, 0) is 11.2 Å². The van der Waals surface area contributed by atoms with E-state index in [-0.39, 0.29) is 5.91 Å². The Kier molecular flexibility index (Phi) is 6.55. The number of carbonyl (C=O) groups is 1. The SMILES string of the molecule is CN(C)CCNc1ccc(NC(=O)Cc2ccc(Br)cc2)nc1. The van der Waals surface area contributed by atoms with Gasteiger partial charge in [0.05, 0.1) is 18.3 Å². The molecule has 6 heteroatoms. The number of rotatable bonds is 7. The van der Waals surface area contributed by atoms with Gasteiger partial charge < -0.3 is 15.5 Å². The number of halogens is 1. The molecule has 0 spiro atoms. The molecule has 0 saturated heterocycles. The second kappa shape index (κ2) is 8.64. The van der Waals surface area contributed by atoms with Gasteiger partial charge in [-0.3, -0.25) is 4.79 Å². The van der Waals surface area contributed by atoms with Gasteiger partial charge in [0.1, 0.15) is 5.82 Å². The largest absolute Gasteiger partial charge is 0.383 e. The molecule has 2 rings (SSSR count). The van der Waals surface area contributed by atoms with Crippen molar-refractivity contribution < 1.29 is 4.79 Å². The van der Waals surface area contributed by atoms with Crippen molar-refractivity contribution in [2.24, 2.45) is 0 Å². The maximum atomic E-state index is 12.0. The molecule has 0 saturated carbocycles. The quantitative estimate of drug-likeness (QED) is 0.779. The van der Waals surface area contributed by atoms with Gasteiger partial charge in [-0.2, -0.15) is 0 Å². The van der Waals surface area contributed by atoms with Crippen molar-refractivity contribution in [2.45, 2.75) is 6.42 Å². The zero-order valence-corrected chi connectivity index (χ0v) is 14.9. The first-order valence-electron chi connectivity index (χ1n) is 7.42. The van der Waals surface area contributed by atoms with Crippen LogP contribution in [0.3, 0.4) is 0 Å². The average molecular weight is 377 g/mol. The van der Waals surface area contributed by atoms with Crippen molar-refractivity contribution in [3.8, 4) is 0 Å². The Morgan fingerprint density at radius 3 is 2.52 bits per heavy atom. The van der Waals surface area contributed by atoms with E-state index in [9.17, 15) is 4.79 Å². The minimum Gasteiger partial charge on any atom is -0.383 e. The van der Waals surface area contributed by atoms with E-state index in [1.165, 1.54) is 0 Å². The van der Waals surface area contributed by atoms with Crippen molar-refractivity contribution in [2.75, 3.05) is 37.8 Å². The zero-order chi connectivity index (χ0) is 16.7. The lowest BCUT2D eigenvalue weighted by Crippen LogP contribution is -2.20. The van der Waals surface area contributed by atoms with E-state index in [2.05, 4.69) is 36.4 Å². The molecular weight excluding hydrogens is 356 g/mol. The third-order valence-corrected chi connectivity index (χ3v) is 3.73. The molecule has 0 unspecified atom stereocenters. The first-order chi connectivity index (χ1) is 11.0. The van der Waals surface area contributed by atoms with Gasteiger partial charge in [-0.15, -0.1) is 0 Å². The maximum absolute atomic E-state index is 12.0. The van der Waals surface area contributed by atoms with Crippen molar-refractivity contribution in [3.05, 3.63) is 52.6 Å². The van der Waals surface area contributed by atoms with Crippen LogP contribution in [0.1, 0.15) is 5.56 Å². The van der Waals surface area contributed by atoms with Crippen LogP contribution in [0.25, 0.3) is 0 Å². The van der Waals surface area contributed by atoms with Gasteiger partial charge >= 0.3 is 0 Å². The molecule has 1 aromatic heterocycles. The smallest absolute Gasteiger partial charge is 0.229 e. The number of anilines is 2. The van der Waals surface area contributed by atoms with Crippen molar-refractivity contribution in [3.63, 3.8) is 0 Å². The first-order valence-corrected chi connectivity index (χ1v) is 8.21. The highest BCUT2D eigenvalue weighted by molar-refractivity contribution is 9.10. The molecule has 0 aliphatic carbocycles. The molecule has 0 aliphatic heterocycles. The van der Waals surface area contributed by atoms with Gasteiger partial charge in [0.15, 0.2) is 0 Å². The predicted molar refractivity (Wildman–Crippen MR) is 97.8 cm³/mol. The summed E-state index contributed by atoms with van der Waals surface area (Å²) in [6, 6.07) is 11.4. The lowest BCUT2D eigenvalue weighted by molar-refractivity contribution is -0.115. The highest BCUT2D eigenvalue weighted by Gasteiger charge is 2.05. The maximum Gasteiger partial charge on any atom is 0.229 e. The molecule has 0 radical (unpaired) electrons. The molecule has 2 N–H and O–H groups in total. The molecule has 23 heavy (non-hydrogen) atoms. The summed E-state index contributed by atoms with van der Waals surface area (Å²) < 4.78 is 1.00. The molecule has 0 fully saturated rings. The zero-order valence-electron chi connectivity index (χ0n) is 13.3. The summed E-state index contributed by atoms with van der Waals surface area (Å²) in [5.74, 6) is 0.485. The second-order valence-corrected chi connectivity index (χ2v) is 6.43. The minimum absolute atomic E-state index is 0.0758. The fourth-order valence-corrected chi connectivity index (χ4v) is 2.24. The van der Waals surface area contributed by atoms with Gasteiger partial charge in [0.2, 0.25) is 5.91 Å². The second-order valence-electron chi connectivity index (χ2n) is 5.51. The predicted octanol–water partition coefficient (Wildman–Crippen LogP) is 3.00. The summed E-state index contributed by atoms with van der Waals surface area (Å²) >= 11 is 3.38. The number of benzene rings is 1. The third kappa shape index (κ3) is 6.38. The number of nitrogens with zero attached hydrogens (tertiary/aromatic N) is 2. The molecule has 122 valence electrons. The number of pyridine rings is 1. The van der Waals surface area contributed by atoms with Crippen molar-refractivity contribution >= 4 is 33.3 Å². The molecule has 2 aromatic rings. The monoisotopic (exact) mass is 376 g/mol. The Balaban J connectivity index is 1.82. The molecule has 1 heterocycles. The summed E-state index contributed by atoms with van der Waals surface area (Å²) in [7, 11) is 4.06. The van der Waals surface area contributed by atoms with Crippen LogP contribution in [0.2, 0.25) is 0 Å². The van der Waals surface area contributed by atoms with Gasteiger partial charge in [-0.05, 0) is 43.9 Å². The Morgan fingerprint density at radius 2 is 1.91 bits per heavy atom. The highest BCUT2D eigenvalue weighted by atomic mass is 79.9. The van der Waals surface area contributed by atoms with Crippen LogP contribution in [0, 0.1) is 0 Å². The number of carbonyl (C=O) groups excluding carboxylic acids is 1. The normalized spacial score (nSPS) is 10.6. The van der Waals surface area contributed by atoms with Crippen LogP contribution in [0.4, 0.5) is 11.5 Å². The van der Waals surface area contributed by atoms with Gasteiger partial charge in [0, 0.05) is 17.6 Å². The number of nitrogens with one attached hydrogen (secondary N) is 2. The van der Waals surface area contributed by atoms with Gasteiger partial charge in [0.25, 0.3) is 0 Å². The number of aromatic nitrogens is 1. The Bertz CT molecular complexity index is 626. The van der Waals surface area contributed by atoms with Gasteiger partial charge in [-0.25, -0.2) is 4.98 Å². The lowest BCUT2D eigenvalue weighted by atomic mass is 10.1. The summed E-state index contributed by atoms with van der Waals surface area (Å²) in [6.07, 6.45) is 2.06. The molecule has 0 aliphatic rings. The Labute approximate surface area is 145 Å². The van der Waals surface area contributed by atoms with E-state index in [1.807, 2.05) is 44.4 Å². The molecular formula is C17H21BrN4O. The van der Waals surface area contributed by atoms with E-state index in [0.29, 0.717) is 12.2 Å². The molecule has 5 nitrogen and oxygen atoms in total. The van der Waals surface area contributed by atoms with Crippen molar-refractivity contribution in [1.29, 1.82) is 0 Å². The van der Waals surface area contributed by atoms with Crippen LogP contribution < -0.4 is 10.6 Å². The minimum atomic E-state index is -0.0758. The van der Waals surface area contributed by atoms with E-state index in [0.717, 1.165) is 28.8 Å². The highest BCUT2D eigenvalue weighted by Crippen LogP contribution is 2.12. The number of likely N-dealkylation sites (N-methyl/N-ethyl adjacent to an activating group) is 1. The van der Waals surface area contributed by atoms with Crippen molar-refractivity contribution in [1.82, 2.24) is 9.88 Å². The van der Waals surface area contributed by atoms with Crippen LogP contribution >= 0.6 is 15.9 Å². The van der Waals surface area contributed by atoms with Crippen LogP contribution in [-0.4, -0.2) is 43.0 Å². The average Bonchev–Trinajstić information content (AvgIpc) is 2.51. The molecule has 0 bridgehead atoms. The fourth-order valence-electron chi connectivity index (χ4n) is 1.97. The number of amides is 1. The third-order valence-electron chi connectivity index (χ3n) is 3.20. The molecule has 1 amide bonds. The summed E-state index contributed by atoms with van der Waals surface area (Å²) in [4.78, 5) is 18.4. The number of hydrogen-bond donors (Lipinski definition) is 2. The summed E-state index contributed by atoms with van der Waals surface area (Å²) in [5.41, 5.74) is 1.91. The summed E-state index contributed by atoms with van der Waals surface area (Å²) in [6.45, 7) is 1.80. The summed E-state index contributed by atoms with van der Waals surface area (Å²) in [5, 5.41) is 6.09. The lowest BCUT2D eigenvalue weighted by Gasteiger charge is -2.11. The van der Waals surface area contributed by atoms with E-state index >= 15 is 0 Å². The Hall–Kier alpha value is -1.92. The molecule has 0 atom stereocenters. The molecule has 1 aromatic carbocycles. The Morgan fingerprint density at radius 1 is 1.17 bits per heavy atom. The fraction of sp³-hybridized carbons (Fsp3) is 0.294. The van der Waals surface area contributed by atoms with E-state index < -0.39 is 0 Å². The van der Waals surface area contributed by atoms with Crippen LogP contribution in [0.15, 0.2) is 47.1 Å². The van der Waals surface area contributed by atoms with Crippen LogP contribution in [0.5, 0.6) is 0 Å². The van der Waals surface area contributed by atoms with E-state index in [1.54, 1.807) is 12.3 Å². The number of hydrogen-bond acceptors (Lipinski definition) is 4.